The van der Waals surface area contributed by atoms with Gasteiger partial charge in [0.15, 0.2) is 11.7 Å². The zero-order valence-electron chi connectivity index (χ0n) is 17.3. The van der Waals surface area contributed by atoms with Crippen molar-refractivity contribution >= 4 is 11.6 Å². The van der Waals surface area contributed by atoms with E-state index in [0.717, 1.165) is 49.8 Å². The van der Waals surface area contributed by atoms with Crippen LogP contribution in [0.15, 0.2) is 45.9 Å². The minimum Gasteiger partial charge on any atom is -0.369 e. The second kappa shape index (κ2) is 10.2. The summed E-state index contributed by atoms with van der Waals surface area (Å²) in [7, 11) is 1.81. The number of aliphatic imine (C=N–C) groups is 1. The molecule has 0 saturated carbocycles. The lowest BCUT2D eigenvalue weighted by Crippen LogP contribution is -2.51. The van der Waals surface area contributed by atoms with Crippen LogP contribution < -0.4 is 15.5 Å². The molecule has 6 nitrogen and oxygen atoms in total. The van der Waals surface area contributed by atoms with Gasteiger partial charge in [-0.3, -0.25) is 4.99 Å². The topological polar surface area (TPSA) is 65.7 Å². The largest absolute Gasteiger partial charge is 0.369 e. The normalized spacial score (nSPS) is 17.8. The summed E-state index contributed by atoms with van der Waals surface area (Å²) in [5, 5.41) is 11.2. The first-order chi connectivity index (χ1) is 13.7. The van der Waals surface area contributed by atoms with Crippen molar-refractivity contribution < 1.29 is 4.52 Å². The van der Waals surface area contributed by atoms with Crippen molar-refractivity contribution in [1.29, 1.82) is 0 Å². The van der Waals surface area contributed by atoms with Gasteiger partial charge in [0.1, 0.15) is 0 Å². The number of nitrogens with one attached hydrogen (secondary N) is 2. The molecule has 1 atom stereocenters. The standard InChI is InChI=1S/C22H33N5O/c1-4-17(5-2)21-14-20(28-26-21)15-24-22(23-3)25-18-10-9-13-27(16-18)19-11-7-6-8-12-19/h6-8,11-12,14,17-18H,4-5,9-10,13,15-16H2,1-3H3,(H2,23,24,25). The van der Waals surface area contributed by atoms with Crippen LogP contribution in [-0.4, -0.2) is 37.3 Å². The average molecular weight is 384 g/mol. The molecule has 2 heterocycles. The molecule has 1 unspecified atom stereocenters. The molecule has 2 N–H and O–H groups in total. The molecule has 152 valence electrons. The fraction of sp³-hybridized carbons (Fsp3) is 0.545. The lowest BCUT2D eigenvalue weighted by atomic mass is 9.99. The number of rotatable bonds is 7. The van der Waals surface area contributed by atoms with Gasteiger partial charge in [0.2, 0.25) is 0 Å². The molecule has 0 aliphatic carbocycles. The molecule has 1 aromatic carbocycles. The summed E-state index contributed by atoms with van der Waals surface area (Å²) in [5.41, 5.74) is 2.34. The number of hydrogen-bond donors (Lipinski definition) is 2. The Morgan fingerprint density at radius 3 is 2.79 bits per heavy atom. The van der Waals surface area contributed by atoms with Crippen molar-refractivity contribution in [3.05, 3.63) is 47.9 Å². The SMILES string of the molecule is CCC(CC)c1cc(CNC(=NC)NC2CCCN(c3ccccc3)C2)on1. The van der Waals surface area contributed by atoms with Crippen LogP contribution in [0.1, 0.15) is 56.9 Å². The van der Waals surface area contributed by atoms with Crippen LogP contribution in [0.25, 0.3) is 0 Å². The van der Waals surface area contributed by atoms with Crippen LogP contribution in [-0.2, 0) is 6.54 Å². The number of aromatic nitrogens is 1. The van der Waals surface area contributed by atoms with Gasteiger partial charge in [-0.2, -0.15) is 0 Å². The van der Waals surface area contributed by atoms with Gasteiger partial charge in [0.05, 0.1) is 12.2 Å². The molecule has 2 aromatic rings. The van der Waals surface area contributed by atoms with Gasteiger partial charge in [-0.1, -0.05) is 37.2 Å². The van der Waals surface area contributed by atoms with Crippen LogP contribution >= 0.6 is 0 Å². The smallest absolute Gasteiger partial charge is 0.191 e. The molecule has 28 heavy (non-hydrogen) atoms. The molecular formula is C22H33N5O. The van der Waals surface area contributed by atoms with Crippen LogP contribution in [0.2, 0.25) is 0 Å². The Morgan fingerprint density at radius 1 is 1.29 bits per heavy atom. The van der Waals surface area contributed by atoms with E-state index in [9.17, 15) is 0 Å². The number of hydrogen-bond acceptors (Lipinski definition) is 4. The second-order valence-corrected chi connectivity index (χ2v) is 7.42. The summed E-state index contributed by atoms with van der Waals surface area (Å²) in [6.45, 7) is 7.05. The number of anilines is 1. The summed E-state index contributed by atoms with van der Waals surface area (Å²) >= 11 is 0. The Morgan fingerprint density at radius 2 is 2.07 bits per heavy atom. The van der Waals surface area contributed by atoms with Gasteiger partial charge < -0.3 is 20.1 Å². The number of para-hydroxylation sites is 1. The Balaban J connectivity index is 1.52. The highest BCUT2D eigenvalue weighted by Gasteiger charge is 2.21. The predicted molar refractivity (Wildman–Crippen MR) is 115 cm³/mol. The summed E-state index contributed by atoms with van der Waals surface area (Å²) < 4.78 is 5.51. The average Bonchev–Trinajstić information content (AvgIpc) is 3.21. The summed E-state index contributed by atoms with van der Waals surface area (Å²) in [5.74, 6) is 2.13. The molecular weight excluding hydrogens is 350 g/mol. The molecule has 0 bridgehead atoms. The molecule has 1 fully saturated rings. The maximum Gasteiger partial charge on any atom is 0.191 e. The minimum atomic E-state index is 0.370. The number of nitrogens with zero attached hydrogens (tertiary/aromatic N) is 3. The van der Waals surface area contributed by atoms with Gasteiger partial charge in [-0.05, 0) is 37.8 Å². The number of benzene rings is 1. The van der Waals surface area contributed by atoms with Crippen LogP contribution in [0.3, 0.4) is 0 Å². The molecule has 3 rings (SSSR count). The van der Waals surface area contributed by atoms with Crippen LogP contribution in [0.4, 0.5) is 5.69 Å². The first-order valence-electron chi connectivity index (χ1n) is 10.5. The molecule has 1 saturated heterocycles. The number of piperidine rings is 1. The van der Waals surface area contributed by atoms with Gasteiger partial charge in [0.25, 0.3) is 0 Å². The molecule has 0 spiro atoms. The zero-order chi connectivity index (χ0) is 19.8. The van der Waals surface area contributed by atoms with Gasteiger partial charge in [0, 0.05) is 43.9 Å². The van der Waals surface area contributed by atoms with Crippen molar-refractivity contribution in [2.45, 2.75) is 58.0 Å². The van der Waals surface area contributed by atoms with Crippen molar-refractivity contribution in [1.82, 2.24) is 15.8 Å². The number of guanidine groups is 1. The maximum atomic E-state index is 5.51. The van der Waals surface area contributed by atoms with E-state index in [-0.39, 0.29) is 0 Å². The van der Waals surface area contributed by atoms with E-state index in [1.165, 1.54) is 12.1 Å². The van der Waals surface area contributed by atoms with E-state index in [2.05, 4.69) is 75.9 Å². The summed E-state index contributed by atoms with van der Waals surface area (Å²) in [6.07, 6.45) is 4.48. The highest BCUT2D eigenvalue weighted by atomic mass is 16.5. The van der Waals surface area contributed by atoms with E-state index in [0.29, 0.717) is 18.5 Å². The van der Waals surface area contributed by atoms with E-state index in [1.807, 2.05) is 7.05 Å². The van der Waals surface area contributed by atoms with Gasteiger partial charge >= 0.3 is 0 Å². The Labute approximate surface area is 168 Å². The third-order valence-corrected chi connectivity index (χ3v) is 5.52. The van der Waals surface area contributed by atoms with Crippen LogP contribution in [0, 0.1) is 0 Å². The third kappa shape index (κ3) is 5.27. The monoisotopic (exact) mass is 383 g/mol. The van der Waals surface area contributed by atoms with E-state index < -0.39 is 0 Å². The molecule has 6 heteroatoms. The Bertz CT molecular complexity index is 738. The molecule has 1 aliphatic heterocycles. The fourth-order valence-electron chi connectivity index (χ4n) is 3.84. The lowest BCUT2D eigenvalue weighted by Gasteiger charge is -2.35. The molecule has 1 aromatic heterocycles. The molecule has 0 amide bonds. The van der Waals surface area contributed by atoms with Crippen molar-refractivity contribution in [3.8, 4) is 0 Å². The van der Waals surface area contributed by atoms with E-state index in [4.69, 9.17) is 4.52 Å². The van der Waals surface area contributed by atoms with Gasteiger partial charge in [-0.25, -0.2) is 0 Å². The van der Waals surface area contributed by atoms with Gasteiger partial charge in [-0.15, -0.1) is 0 Å². The highest BCUT2D eigenvalue weighted by Crippen LogP contribution is 2.22. The van der Waals surface area contributed by atoms with Crippen molar-refractivity contribution in [2.24, 2.45) is 4.99 Å². The van der Waals surface area contributed by atoms with Crippen LogP contribution in [0.5, 0.6) is 0 Å². The summed E-state index contributed by atoms with van der Waals surface area (Å²) in [4.78, 5) is 6.82. The highest BCUT2D eigenvalue weighted by molar-refractivity contribution is 5.80. The Hall–Kier alpha value is -2.50. The first-order valence-corrected chi connectivity index (χ1v) is 10.5. The van der Waals surface area contributed by atoms with Crippen molar-refractivity contribution in [3.63, 3.8) is 0 Å². The lowest BCUT2D eigenvalue weighted by molar-refractivity contribution is 0.367. The quantitative estimate of drug-likeness (QED) is 0.560. The third-order valence-electron chi connectivity index (χ3n) is 5.52. The Kier molecular flexibility index (Phi) is 7.34. The van der Waals surface area contributed by atoms with E-state index in [1.54, 1.807) is 0 Å². The molecule has 1 aliphatic rings. The predicted octanol–water partition coefficient (Wildman–Crippen LogP) is 3.91. The summed E-state index contributed by atoms with van der Waals surface area (Å²) in [6, 6.07) is 13.0. The fourth-order valence-corrected chi connectivity index (χ4v) is 3.84. The zero-order valence-corrected chi connectivity index (χ0v) is 17.3. The second-order valence-electron chi connectivity index (χ2n) is 7.42. The first kappa shape index (κ1) is 20.2. The molecule has 0 radical (unpaired) electrons. The minimum absolute atomic E-state index is 0.370. The van der Waals surface area contributed by atoms with E-state index >= 15 is 0 Å². The van der Waals surface area contributed by atoms with Crippen molar-refractivity contribution in [2.75, 3.05) is 25.0 Å². The maximum absolute atomic E-state index is 5.51.